The molecule has 1 aromatic heterocycles. The molecule has 2 aromatic rings. The Morgan fingerprint density at radius 1 is 1.27 bits per heavy atom. The topological polar surface area (TPSA) is 74.5 Å². The summed E-state index contributed by atoms with van der Waals surface area (Å²) in [4.78, 5) is 15.7. The molecule has 22 heavy (non-hydrogen) atoms. The second kappa shape index (κ2) is 6.17. The van der Waals surface area contributed by atoms with Crippen LogP contribution in [0, 0.1) is 0 Å². The molecule has 0 N–H and O–H groups in total. The molecule has 0 aliphatic carbocycles. The van der Waals surface area contributed by atoms with Crippen LogP contribution in [-0.4, -0.2) is 23.0 Å². The van der Waals surface area contributed by atoms with Gasteiger partial charge in [-0.25, -0.2) is 0 Å². The van der Waals surface area contributed by atoms with Crippen LogP contribution in [0.25, 0.3) is 0 Å². The van der Waals surface area contributed by atoms with Crippen LogP contribution in [0.1, 0.15) is 49.8 Å². The maximum absolute atomic E-state index is 11.4. The van der Waals surface area contributed by atoms with E-state index in [1.54, 1.807) is 18.2 Å². The Kier molecular flexibility index (Phi) is 4.49. The molecule has 0 spiro atoms. The van der Waals surface area contributed by atoms with Gasteiger partial charge in [0.15, 0.2) is 29.7 Å². The average molecular weight is 304 g/mol. The molecule has 2 rings (SSSR count). The first-order chi connectivity index (χ1) is 10.3. The van der Waals surface area contributed by atoms with Gasteiger partial charge in [-0.3, -0.25) is 4.79 Å². The molecule has 0 unspecified atom stereocenters. The summed E-state index contributed by atoms with van der Waals surface area (Å²) in [5.41, 5.74) is 0.389. The van der Waals surface area contributed by atoms with Crippen molar-refractivity contribution in [2.45, 2.75) is 39.7 Å². The van der Waals surface area contributed by atoms with E-state index in [1.807, 2.05) is 20.8 Å². The first-order valence-electron chi connectivity index (χ1n) is 6.96. The lowest BCUT2D eigenvalue weighted by molar-refractivity contribution is 0.101. The summed E-state index contributed by atoms with van der Waals surface area (Å²) in [5, 5.41) is 3.94. The summed E-state index contributed by atoms with van der Waals surface area (Å²) in [6, 6.07) is 5.03. The average Bonchev–Trinajstić information content (AvgIpc) is 2.93. The number of benzene rings is 1. The van der Waals surface area contributed by atoms with Crippen molar-refractivity contribution in [1.82, 2.24) is 10.1 Å². The zero-order chi connectivity index (χ0) is 16.3. The van der Waals surface area contributed by atoms with Gasteiger partial charge in [-0.1, -0.05) is 25.9 Å². The number of carbonyl (C=O) groups excluding carboxylic acids is 1. The van der Waals surface area contributed by atoms with E-state index in [2.05, 4.69) is 10.1 Å². The number of carbonyl (C=O) groups is 1. The van der Waals surface area contributed by atoms with Crippen molar-refractivity contribution < 1.29 is 18.8 Å². The highest BCUT2D eigenvalue weighted by atomic mass is 16.5. The third kappa shape index (κ3) is 3.63. The number of hydrogen-bond acceptors (Lipinski definition) is 6. The molecule has 0 fully saturated rings. The lowest BCUT2D eigenvalue weighted by Crippen LogP contribution is -2.13. The van der Waals surface area contributed by atoms with Crippen LogP contribution >= 0.6 is 0 Å². The molecule has 0 bridgehead atoms. The highest BCUT2D eigenvalue weighted by molar-refractivity contribution is 5.94. The summed E-state index contributed by atoms with van der Waals surface area (Å²) < 4.78 is 16.0. The minimum Gasteiger partial charge on any atom is -0.493 e. The predicted molar refractivity (Wildman–Crippen MR) is 80.3 cm³/mol. The van der Waals surface area contributed by atoms with E-state index in [1.165, 1.54) is 14.0 Å². The molecule has 118 valence electrons. The number of nitrogens with zero attached hydrogens (tertiary/aromatic N) is 2. The van der Waals surface area contributed by atoms with Crippen LogP contribution in [0.2, 0.25) is 0 Å². The van der Waals surface area contributed by atoms with Gasteiger partial charge in [0.2, 0.25) is 0 Å². The Morgan fingerprint density at radius 3 is 2.55 bits per heavy atom. The highest BCUT2D eigenvalue weighted by Gasteiger charge is 2.21. The van der Waals surface area contributed by atoms with Crippen molar-refractivity contribution >= 4 is 5.78 Å². The fraction of sp³-hybridized carbons (Fsp3) is 0.438. The Morgan fingerprint density at radius 2 is 2.00 bits per heavy atom. The van der Waals surface area contributed by atoms with Gasteiger partial charge in [0.25, 0.3) is 5.89 Å². The molecule has 0 aliphatic heterocycles. The Labute approximate surface area is 129 Å². The van der Waals surface area contributed by atoms with Gasteiger partial charge >= 0.3 is 0 Å². The van der Waals surface area contributed by atoms with E-state index in [-0.39, 0.29) is 17.8 Å². The van der Waals surface area contributed by atoms with E-state index in [9.17, 15) is 4.79 Å². The number of rotatable bonds is 5. The summed E-state index contributed by atoms with van der Waals surface area (Å²) in [5.74, 6) is 2.00. The maximum atomic E-state index is 11.4. The van der Waals surface area contributed by atoms with Crippen molar-refractivity contribution in [1.29, 1.82) is 0 Å². The summed E-state index contributed by atoms with van der Waals surface area (Å²) in [7, 11) is 1.52. The fourth-order valence-corrected chi connectivity index (χ4v) is 1.76. The first-order valence-corrected chi connectivity index (χ1v) is 6.96. The van der Waals surface area contributed by atoms with Crippen LogP contribution in [0.5, 0.6) is 11.5 Å². The van der Waals surface area contributed by atoms with E-state index >= 15 is 0 Å². The number of aromatic nitrogens is 2. The largest absolute Gasteiger partial charge is 0.493 e. The lowest BCUT2D eigenvalue weighted by Gasteiger charge is -2.11. The molecular weight excluding hydrogens is 284 g/mol. The van der Waals surface area contributed by atoms with Crippen LogP contribution in [0.15, 0.2) is 22.7 Å². The van der Waals surface area contributed by atoms with Gasteiger partial charge in [0.1, 0.15) is 0 Å². The van der Waals surface area contributed by atoms with Gasteiger partial charge < -0.3 is 14.0 Å². The monoisotopic (exact) mass is 304 g/mol. The molecule has 6 heteroatoms. The van der Waals surface area contributed by atoms with Gasteiger partial charge in [-0.15, -0.1) is 0 Å². The maximum Gasteiger partial charge on any atom is 0.264 e. The van der Waals surface area contributed by atoms with E-state index in [0.717, 1.165) is 0 Å². The molecule has 0 amide bonds. The first kappa shape index (κ1) is 16.0. The van der Waals surface area contributed by atoms with Crippen LogP contribution in [0.3, 0.4) is 0 Å². The molecule has 0 aliphatic rings. The number of hydrogen-bond donors (Lipinski definition) is 0. The number of ether oxygens (including phenoxy) is 2. The van der Waals surface area contributed by atoms with Crippen LogP contribution in [0.4, 0.5) is 0 Å². The fourth-order valence-electron chi connectivity index (χ4n) is 1.76. The van der Waals surface area contributed by atoms with Gasteiger partial charge in [0, 0.05) is 11.0 Å². The molecule has 0 atom stereocenters. The Balaban J connectivity index is 2.11. The predicted octanol–water partition coefficient (Wildman–Crippen LogP) is 3.16. The zero-order valence-electron chi connectivity index (χ0n) is 13.5. The molecule has 6 nitrogen and oxygen atoms in total. The van der Waals surface area contributed by atoms with Gasteiger partial charge in [0.05, 0.1) is 7.11 Å². The SMILES string of the molecule is COc1cc(C(C)=O)ccc1OCc1nc(C(C)(C)C)no1. The third-order valence-electron chi connectivity index (χ3n) is 3.06. The number of Topliss-reactive ketones (excluding diaryl/α,β-unsaturated/α-hetero) is 1. The molecule has 0 radical (unpaired) electrons. The van der Waals surface area contributed by atoms with Gasteiger partial charge in [-0.05, 0) is 25.1 Å². The smallest absolute Gasteiger partial charge is 0.264 e. The molecule has 0 saturated carbocycles. The van der Waals surface area contributed by atoms with Crippen molar-refractivity contribution in [3.05, 3.63) is 35.5 Å². The van der Waals surface area contributed by atoms with Gasteiger partial charge in [-0.2, -0.15) is 4.98 Å². The van der Waals surface area contributed by atoms with E-state index in [4.69, 9.17) is 14.0 Å². The van der Waals surface area contributed by atoms with E-state index < -0.39 is 0 Å². The molecule has 1 heterocycles. The summed E-state index contributed by atoms with van der Waals surface area (Å²) in [6.45, 7) is 7.66. The van der Waals surface area contributed by atoms with Crippen molar-refractivity contribution in [2.24, 2.45) is 0 Å². The number of ketones is 1. The number of methoxy groups -OCH3 is 1. The second-order valence-corrected chi connectivity index (χ2v) is 5.97. The third-order valence-corrected chi connectivity index (χ3v) is 3.06. The van der Waals surface area contributed by atoms with E-state index in [0.29, 0.717) is 28.8 Å². The Hall–Kier alpha value is -2.37. The van der Waals surface area contributed by atoms with Crippen LogP contribution in [-0.2, 0) is 12.0 Å². The molecular formula is C16H20N2O4. The normalized spacial score (nSPS) is 11.3. The quantitative estimate of drug-likeness (QED) is 0.790. The zero-order valence-corrected chi connectivity index (χ0v) is 13.5. The van der Waals surface area contributed by atoms with Crippen molar-refractivity contribution in [2.75, 3.05) is 7.11 Å². The minimum atomic E-state index is -0.178. The lowest BCUT2D eigenvalue weighted by atomic mass is 9.96. The highest BCUT2D eigenvalue weighted by Crippen LogP contribution is 2.29. The minimum absolute atomic E-state index is 0.0310. The standard InChI is InChI=1S/C16H20N2O4/c1-10(19)11-6-7-12(13(8-11)20-5)21-9-14-17-15(18-22-14)16(2,3)4/h6-8H,9H2,1-5H3. The second-order valence-electron chi connectivity index (χ2n) is 5.97. The molecule has 0 saturated heterocycles. The molecule has 1 aromatic carbocycles. The van der Waals surface area contributed by atoms with Crippen molar-refractivity contribution in [3.63, 3.8) is 0 Å². The van der Waals surface area contributed by atoms with Crippen molar-refractivity contribution in [3.8, 4) is 11.5 Å². The Bertz CT molecular complexity index is 671. The summed E-state index contributed by atoms with van der Waals surface area (Å²) in [6.07, 6.45) is 0. The van der Waals surface area contributed by atoms with Crippen LogP contribution < -0.4 is 9.47 Å². The summed E-state index contributed by atoms with van der Waals surface area (Å²) >= 11 is 0.